The highest BCUT2D eigenvalue weighted by Crippen LogP contribution is 2.62. The molecule has 0 aromatic heterocycles. The molecule has 5 rings (SSSR count). The number of ketones is 1. The minimum Gasteiger partial charge on any atom is -0.381 e. The van der Waals surface area contributed by atoms with E-state index in [1.807, 2.05) is 0 Å². The number of rotatable bonds is 2. The summed E-state index contributed by atoms with van der Waals surface area (Å²) in [4.78, 5) is 12.5. The second kappa shape index (κ2) is 6.17. The van der Waals surface area contributed by atoms with Crippen molar-refractivity contribution in [3.8, 4) is 0 Å². The summed E-state index contributed by atoms with van der Waals surface area (Å²) >= 11 is 0. The Morgan fingerprint density at radius 1 is 1.08 bits per heavy atom. The predicted octanol–water partition coefficient (Wildman–Crippen LogP) is 4.55. The van der Waals surface area contributed by atoms with Crippen molar-refractivity contribution in [1.82, 2.24) is 0 Å². The molecule has 0 aromatic rings. The molecule has 2 aliphatic heterocycles. The molecule has 6 atom stereocenters. The minimum atomic E-state index is -0.0434. The maximum absolute atomic E-state index is 12.5. The first kappa shape index (κ1) is 17.4. The van der Waals surface area contributed by atoms with Crippen LogP contribution in [0.4, 0.5) is 0 Å². The molecule has 3 nitrogen and oxygen atoms in total. The normalized spacial score (nSPS) is 50.1. The average molecular weight is 359 g/mol. The fraction of sp³-hybridized carbons (Fsp3) is 0.870. The first-order valence-corrected chi connectivity index (χ1v) is 10.9. The standard InChI is InChI=1S/C23H34O3/c1-22-10-8-19-17(18(22)5-6-20(22)24)14-26-21-11-15(7-9-23(19,21)2)3-4-16-12-25-13-16/h3,16-19,21H,4-14H2,1-2H3/b15-3+/t17?,18?,19?,21?,22-,23+/m0/s1. The summed E-state index contributed by atoms with van der Waals surface area (Å²) in [6.45, 7) is 7.55. The Kier molecular flexibility index (Phi) is 4.14. The topological polar surface area (TPSA) is 35.5 Å². The van der Waals surface area contributed by atoms with Gasteiger partial charge in [0.15, 0.2) is 0 Å². The lowest BCUT2D eigenvalue weighted by atomic mass is 9.50. The molecule has 3 saturated carbocycles. The molecule has 0 spiro atoms. The summed E-state index contributed by atoms with van der Waals surface area (Å²) in [7, 11) is 0. The molecule has 0 radical (unpaired) electrons. The zero-order valence-electron chi connectivity index (χ0n) is 16.5. The van der Waals surface area contributed by atoms with Gasteiger partial charge in [-0.3, -0.25) is 4.79 Å². The Labute approximate surface area is 157 Å². The summed E-state index contributed by atoms with van der Waals surface area (Å²) in [6.07, 6.45) is 12.0. The van der Waals surface area contributed by atoms with E-state index in [2.05, 4.69) is 19.9 Å². The van der Waals surface area contributed by atoms with E-state index in [9.17, 15) is 4.79 Å². The Balaban J connectivity index is 1.32. The SMILES string of the molecule is C[C@]12CC/C(=C\CC3COC3)CC1OCC1C2CC[C@]2(C)C(=O)CCC12. The molecule has 0 bridgehead atoms. The Morgan fingerprint density at radius 2 is 1.92 bits per heavy atom. The number of Topliss-reactive ketones (excluding diaryl/α,β-unsaturated/α-hetero) is 1. The fourth-order valence-corrected chi connectivity index (χ4v) is 7.11. The maximum atomic E-state index is 12.5. The largest absolute Gasteiger partial charge is 0.381 e. The number of fused-ring (bicyclic) bond motifs is 5. The van der Waals surface area contributed by atoms with E-state index in [1.165, 1.54) is 25.7 Å². The quantitative estimate of drug-likeness (QED) is 0.679. The van der Waals surface area contributed by atoms with E-state index >= 15 is 0 Å². The van der Waals surface area contributed by atoms with Gasteiger partial charge in [-0.05, 0) is 68.1 Å². The van der Waals surface area contributed by atoms with Crippen molar-refractivity contribution >= 4 is 5.78 Å². The van der Waals surface area contributed by atoms with Crippen molar-refractivity contribution in [2.45, 2.75) is 71.3 Å². The lowest BCUT2D eigenvalue weighted by Gasteiger charge is -2.59. The van der Waals surface area contributed by atoms with Gasteiger partial charge in [0.25, 0.3) is 0 Å². The van der Waals surface area contributed by atoms with Crippen molar-refractivity contribution in [3.05, 3.63) is 11.6 Å². The number of ether oxygens (including phenoxy) is 2. The van der Waals surface area contributed by atoms with Gasteiger partial charge in [-0.25, -0.2) is 0 Å². The maximum Gasteiger partial charge on any atom is 0.139 e. The fourth-order valence-electron chi connectivity index (χ4n) is 7.11. The van der Waals surface area contributed by atoms with E-state index in [0.29, 0.717) is 29.1 Å². The van der Waals surface area contributed by atoms with E-state index in [4.69, 9.17) is 9.47 Å². The smallest absolute Gasteiger partial charge is 0.139 e. The summed E-state index contributed by atoms with van der Waals surface area (Å²) in [5, 5.41) is 0. The third kappa shape index (κ3) is 2.49. The van der Waals surface area contributed by atoms with Crippen LogP contribution in [0.1, 0.15) is 65.2 Å². The highest BCUT2D eigenvalue weighted by atomic mass is 16.5. The second-order valence-electron chi connectivity index (χ2n) is 10.3. The summed E-state index contributed by atoms with van der Waals surface area (Å²) < 4.78 is 11.9. The van der Waals surface area contributed by atoms with Gasteiger partial charge >= 0.3 is 0 Å². The van der Waals surface area contributed by atoms with Gasteiger partial charge in [-0.2, -0.15) is 0 Å². The Morgan fingerprint density at radius 3 is 2.69 bits per heavy atom. The zero-order valence-corrected chi connectivity index (χ0v) is 16.5. The third-order valence-electron chi connectivity index (χ3n) is 9.10. The highest BCUT2D eigenvalue weighted by molar-refractivity contribution is 5.87. The summed E-state index contributed by atoms with van der Waals surface area (Å²) in [6, 6.07) is 0. The molecule has 144 valence electrons. The number of carbonyl (C=O) groups is 1. The molecule has 0 N–H and O–H groups in total. The molecule has 4 unspecified atom stereocenters. The molecule has 2 heterocycles. The Hall–Kier alpha value is -0.670. The minimum absolute atomic E-state index is 0.0434. The number of carbonyl (C=O) groups excluding carboxylic acids is 1. The van der Waals surface area contributed by atoms with Crippen LogP contribution < -0.4 is 0 Å². The van der Waals surface area contributed by atoms with Crippen LogP contribution in [0.5, 0.6) is 0 Å². The van der Waals surface area contributed by atoms with Gasteiger partial charge in [0.05, 0.1) is 25.9 Å². The first-order valence-electron chi connectivity index (χ1n) is 10.9. The molecule has 3 heteroatoms. The van der Waals surface area contributed by atoms with Crippen LogP contribution in [0, 0.1) is 34.5 Å². The van der Waals surface area contributed by atoms with Crippen molar-refractivity contribution in [2.75, 3.05) is 19.8 Å². The van der Waals surface area contributed by atoms with Crippen molar-refractivity contribution < 1.29 is 14.3 Å². The summed E-state index contributed by atoms with van der Waals surface area (Å²) in [5.74, 6) is 3.22. The predicted molar refractivity (Wildman–Crippen MR) is 101 cm³/mol. The van der Waals surface area contributed by atoms with Crippen molar-refractivity contribution in [2.24, 2.45) is 34.5 Å². The molecular weight excluding hydrogens is 324 g/mol. The Bertz CT molecular complexity index is 621. The average Bonchev–Trinajstić information content (AvgIpc) is 2.89. The lowest BCUT2D eigenvalue weighted by Crippen LogP contribution is -2.57. The van der Waals surface area contributed by atoms with Crippen molar-refractivity contribution in [3.63, 3.8) is 0 Å². The molecular formula is C23H34O3. The van der Waals surface area contributed by atoms with Gasteiger partial charge in [-0.1, -0.05) is 25.5 Å². The van der Waals surface area contributed by atoms with Gasteiger partial charge in [-0.15, -0.1) is 0 Å². The molecule has 5 aliphatic rings. The van der Waals surface area contributed by atoms with Crippen LogP contribution in [-0.4, -0.2) is 31.7 Å². The van der Waals surface area contributed by atoms with E-state index in [1.54, 1.807) is 5.57 Å². The van der Waals surface area contributed by atoms with Crippen LogP contribution in [0.25, 0.3) is 0 Å². The van der Waals surface area contributed by atoms with E-state index in [-0.39, 0.29) is 5.41 Å². The molecule has 26 heavy (non-hydrogen) atoms. The lowest BCUT2D eigenvalue weighted by molar-refractivity contribution is -0.191. The number of hydrogen-bond donors (Lipinski definition) is 0. The van der Waals surface area contributed by atoms with Crippen LogP contribution in [0.2, 0.25) is 0 Å². The first-order chi connectivity index (χ1) is 12.5. The zero-order chi connectivity index (χ0) is 17.9. The van der Waals surface area contributed by atoms with Crippen LogP contribution in [-0.2, 0) is 14.3 Å². The van der Waals surface area contributed by atoms with E-state index in [0.717, 1.165) is 57.3 Å². The molecule has 0 aromatic carbocycles. The van der Waals surface area contributed by atoms with Gasteiger partial charge < -0.3 is 9.47 Å². The van der Waals surface area contributed by atoms with Gasteiger partial charge in [0, 0.05) is 17.8 Å². The van der Waals surface area contributed by atoms with Crippen molar-refractivity contribution in [1.29, 1.82) is 0 Å². The monoisotopic (exact) mass is 358 g/mol. The highest BCUT2D eigenvalue weighted by Gasteiger charge is 2.60. The van der Waals surface area contributed by atoms with Gasteiger partial charge in [0.1, 0.15) is 5.78 Å². The van der Waals surface area contributed by atoms with Crippen LogP contribution in [0.15, 0.2) is 11.6 Å². The molecule has 0 amide bonds. The molecule has 2 saturated heterocycles. The number of hydrogen-bond acceptors (Lipinski definition) is 3. The molecule has 5 fully saturated rings. The van der Waals surface area contributed by atoms with E-state index < -0.39 is 0 Å². The third-order valence-corrected chi connectivity index (χ3v) is 9.10. The van der Waals surface area contributed by atoms with Crippen LogP contribution >= 0.6 is 0 Å². The summed E-state index contributed by atoms with van der Waals surface area (Å²) in [5.41, 5.74) is 1.89. The second-order valence-corrected chi connectivity index (χ2v) is 10.3. The number of allylic oxidation sites excluding steroid dienone is 1. The molecule has 3 aliphatic carbocycles. The van der Waals surface area contributed by atoms with Gasteiger partial charge in [0.2, 0.25) is 0 Å². The van der Waals surface area contributed by atoms with Crippen LogP contribution in [0.3, 0.4) is 0 Å².